The second-order valence-corrected chi connectivity index (χ2v) is 11.9. The predicted molar refractivity (Wildman–Crippen MR) is 197 cm³/mol. The molecule has 246 valence electrons. The van der Waals surface area contributed by atoms with Gasteiger partial charge in [0, 0.05) is 36.8 Å². The minimum absolute atomic E-state index is 0.438. The molecule has 0 aliphatic carbocycles. The van der Waals surface area contributed by atoms with Crippen molar-refractivity contribution in [2.75, 3.05) is 19.1 Å². The number of ether oxygens (including phenoxy) is 2. The number of allylic oxidation sites excluding steroid dienone is 6. The summed E-state index contributed by atoms with van der Waals surface area (Å²) in [4.78, 5) is 6.96. The minimum Gasteiger partial charge on any atom is -0.496 e. The summed E-state index contributed by atoms with van der Waals surface area (Å²) in [5, 5.41) is 3.48. The third kappa shape index (κ3) is 11.3. The van der Waals surface area contributed by atoms with Gasteiger partial charge in [0.25, 0.3) is 0 Å². The van der Waals surface area contributed by atoms with E-state index in [0.717, 1.165) is 66.4 Å². The average Bonchev–Trinajstić information content (AvgIpc) is 3.05. The SMILES string of the molecule is C/C=C(\N=C/C(C)CCC)NCc1c(OC)cc(N(/C=C(/C)CC)c2ccc(C(/C=C/CC)=C/C(C)CC)cc2C)cc1OC. The van der Waals surface area contributed by atoms with Crippen molar-refractivity contribution in [1.29, 1.82) is 0 Å². The van der Waals surface area contributed by atoms with Crippen LogP contribution in [0.1, 0.15) is 104 Å². The Labute approximate surface area is 274 Å². The third-order valence-corrected chi connectivity index (χ3v) is 8.14. The molecule has 2 rings (SSSR count). The molecule has 0 aliphatic heterocycles. The summed E-state index contributed by atoms with van der Waals surface area (Å²) < 4.78 is 11.9. The molecule has 0 aliphatic rings. The lowest BCUT2D eigenvalue weighted by Gasteiger charge is -2.26. The van der Waals surface area contributed by atoms with Crippen molar-refractivity contribution in [3.05, 3.63) is 88.9 Å². The Hall–Kier alpha value is -3.73. The van der Waals surface area contributed by atoms with Gasteiger partial charge >= 0.3 is 0 Å². The fraction of sp³-hybridized carbons (Fsp3) is 0.475. The molecular formula is C40H59N3O2. The Kier molecular flexibility index (Phi) is 16.3. The second kappa shape index (κ2) is 19.6. The van der Waals surface area contributed by atoms with Crippen LogP contribution >= 0.6 is 0 Å². The number of hydrogen-bond acceptors (Lipinski definition) is 5. The van der Waals surface area contributed by atoms with Gasteiger partial charge < -0.3 is 19.7 Å². The summed E-state index contributed by atoms with van der Waals surface area (Å²) in [6, 6.07) is 11.0. The molecule has 5 nitrogen and oxygen atoms in total. The maximum absolute atomic E-state index is 5.97. The highest BCUT2D eigenvalue weighted by Crippen LogP contribution is 2.39. The molecule has 2 aromatic rings. The summed E-state index contributed by atoms with van der Waals surface area (Å²) >= 11 is 0. The summed E-state index contributed by atoms with van der Waals surface area (Å²) in [5.41, 5.74) is 8.04. The van der Waals surface area contributed by atoms with Gasteiger partial charge in [0.2, 0.25) is 0 Å². The van der Waals surface area contributed by atoms with Crippen LogP contribution in [0.3, 0.4) is 0 Å². The number of rotatable bonds is 18. The van der Waals surface area contributed by atoms with E-state index in [1.54, 1.807) is 14.2 Å². The van der Waals surface area contributed by atoms with Crippen LogP contribution in [0.2, 0.25) is 0 Å². The zero-order chi connectivity index (χ0) is 33.4. The lowest BCUT2D eigenvalue weighted by atomic mass is 9.96. The summed E-state index contributed by atoms with van der Waals surface area (Å²) in [7, 11) is 3.44. The van der Waals surface area contributed by atoms with E-state index < -0.39 is 0 Å². The highest BCUT2D eigenvalue weighted by atomic mass is 16.5. The summed E-state index contributed by atoms with van der Waals surface area (Å²) in [5.74, 6) is 3.32. The zero-order valence-corrected chi connectivity index (χ0v) is 30.0. The normalized spacial score (nSPS) is 14.2. The number of aliphatic imine (C=N–C) groups is 1. The van der Waals surface area contributed by atoms with Gasteiger partial charge in [-0.15, -0.1) is 0 Å². The molecule has 0 saturated carbocycles. The van der Waals surface area contributed by atoms with Gasteiger partial charge in [-0.3, -0.25) is 0 Å². The second-order valence-electron chi connectivity index (χ2n) is 11.9. The Morgan fingerprint density at radius 1 is 1.00 bits per heavy atom. The molecule has 0 amide bonds. The molecule has 1 N–H and O–H groups in total. The van der Waals surface area contributed by atoms with E-state index in [9.17, 15) is 0 Å². The molecule has 0 spiro atoms. The molecule has 2 unspecified atom stereocenters. The molecule has 2 aromatic carbocycles. The molecule has 0 saturated heterocycles. The average molecular weight is 614 g/mol. The van der Waals surface area contributed by atoms with Gasteiger partial charge in [-0.05, 0) is 86.8 Å². The monoisotopic (exact) mass is 613 g/mol. The van der Waals surface area contributed by atoms with Crippen molar-refractivity contribution in [3.63, 3.8) is 0 Å². The van der Waals surface area contributed by atoms with E-state index in [-0.39, 0.29) is 0 Å². The number of anilines is 2. The number of nitrogens with one attached hydrogen (secondary N) is 1. The first kappa shape index (κ1) is 37.5. The first-order valence-electron chi connectivity index (χ1n) is 16.8. The van der Waals surface area contributed by atoms with Crippen LogP contribution < -0.4 is 19.7 Å². The molecule has 0 radical (unpaired) electrons. The molecule has 0 aromatic heterocycles. The molecule has 5 heteroatoms. The summed E-state index contributed by atoms with van der Waals surface area (Å²) in [6.45, 7) is 20.2. The van der Waals surface area contributed by atoms with Crippen molar-refractivity contribution in [3.8, 4) is 11.5 Å². The maximum atomic E-state index is 5.97. The number of nitrogens with zero attached hydrogens (tertiary/aromatic N) is 2. The van der Waals surface area contributed by atoms with Gasteiger partial charge in [-0.1, -0.05) is 84.3 Å². The van der Waals surface area contributed by atoms with Crippen molar-refractivity contribution in [1.82, 2.24) is 5.32 Å². The molecule has 0 heterocycles. The molecular weight excluding hydrogens is 554 g/mol. The highest BCUT2D eigenvalue weighted by Gasteiger charge is 2.19. The lowest BCUT2D eigenvalue weighted by molar-refractivity contribution is 0.384. The smallest absolute Gasteiger partial charge is 0.129 e. The standard InChI is InChI=1S/C40H59N3O2/c1-12-17-19-33(22-29(6)14-3)34-20-21-37(32(9)23-34)43(28-30(7)15-4)35-24-38(44-10)36(39(25-35)45-11)27-42-40(16-5)41-26-31(8)18-13-2/h16-17,19-26,28-29,31,42H,12-15,18,27H2,1-11H3/b19-17+,30-28-,33-22+,40-16+,41-26-. The van der Waals surface area contributed by atoms with Gasteiger partial charge in [0.1, 0.15) is 17.3 Å². The Morgan fingerprint density at radius 3 is 2.22 bits per heavy atom. The molecule has 2 atom stereocenters. The van der Waals surface area contributed by atoms with E-state index in [2.05, 4.69) is 120 Å². The Balaban J connectivity index is 2.58. The van der Waals surface area contributed by atoms with Crippen LogP contribution in [0.5, 0.6) is 11.5 Å². The van der Waals surface area contributed by atoms with Gasteiger partial charge in [-0.2, -0.15) is 0 Å². The predicted octanol–water partition coefficient (Wildman–Crippen LogP) is 11.3. The minimum atomic E-state index is 0.438. The number of methoxy groups -OCH3 is 2. The van der Waals surface area contributed by atoms with E-state index in [1.807, 2.05) is 19.2 Å². The quantitative estimate of drug-likeness (QED) is 0.134. The zero-order valence-electron chi connectivity index (χ0n) is 30.0. The number of benzene rings is 2. The van der Waals surface area contributed by atoms with Crippen LogP contribution in [-0.2, 0) is 6.54 Å². The molecule has 0 fully saturated rings. The van der Waals surface area contributed by atoms with Gasteiger partial charge in [-0.25, -0.2) is 4.99 Å². The van der Waals surface area contributed by atoms with Crippen molar-refractivity contribution < 1.29 is 9.47 Å². The van der Waals surface area contributed by atoms with Crippen LogP contribution in [0.4, 0.5) is 11.4 Å². The van der Waals surface area contributed by atoms with E-state index in [0.29, 0.717) is 18.4 Å². The van der Waals surface area contributed by atoms with Crippen molar-refractivity contribution in [2.45, 2.75) is 101 Å². The third-order valence-electron chi connectivity index (χ3n) is 8.14. The van der Waals surface area contributed by atoms with E-state index in [4.69, 9.17) is 14.5 Å². The Bertz CT molecular complexity index is 1340. The van der Waals surface area contributed by atoms with Crippen LogP contribution in [-0.4, -0.2) is 20.4 Å². The van der Waals surface area contributed by atoms with E-state index in [1.165, 1.54) is 22.3 Å². The summed E-state index contributed by atoms with van der Waals surface area (Å²) in [6.07, 6.45) is 18.5. The Morgan fingerprint density at radius 2 is 1.69 bits per heavy atom. The van der Waals surface area contributed by atoms with Crippen molar-refractivity contribution >= 4 is 23.2 Å². The fourth-order valence-electron chi connectivity index (χ4n) is 5.04. The maximum Gasteiger partial charge on any atom is 0.129 e. The van der Waals surface area contributed by atoms with Crippen LogP contribution in [0.25, 0.3) is 5.57 Å². The fourth-order valence-corrected chi connectivity index (χ4v) is 5.04. The largest absolute Gasteiger partial charge is 0.496 e. The van der Waals surface area contributed by atoms with Gasteiger partial charge in [0.15, 0.2) is 0 Å². The first-order chi connectivity index (χ1) is 21.6. The topological polar surface area (TPSA) is 46.1 Å². The number of aryl methyl sites for hydroxylation is 1. The van der Waals surface area contributed by atoms with Crippen molar-refractivity contribution in [2.24, 2.45) is 16.8 Å². The van der Waals surface area contributed by atoms with Gasteiger partial charge in [0.05, 0.1) is 25.5 Å². The first-order valence-corrected chi connectivity index (χ1v) is 16.8. The van der Waals surface area contributed by atoms with E-state index >= 15 is 0 Å². The van der Waals surface area contributed by atoms with Crippen LogP contribution in [0, 0.1) is 18.8 Å². The lowest BCUT2D eigenvalue weighted by Crippen LogP contribution is -2.15. The number of hydrogen-bond donors (Lipinski definition) is 1. The highest BCUT2D eigenvalue weighted by molar-refractivity contribution is 5.79. The molecule has 0 bridgehead atoms. The van der Waals surface area contributed by atoms with Crippen LogP contribution in [0.15, 0.2) is 77.2 Å². The molecule has 45 heavy (non-hydrogen) atoms.